The third-order valence-electron chi connectivity index (χ3n) is 4.67. The Morgan fingerprint density at radius 3 is 2.50 bits per heavy atom. The highest BCUT2D eigenvalue weighted by Gasteiger charge is 2.50. The van der Waals surface area contributed by atoms with Gasteiger partial charge in [0, 0.05) is 12.5 Å². The Morgan fingerprint density at radius 1 is 1.18 bits per heavy atom. The number of carbonyl (C=O) groups excluding carboxylic acids is 2. The molecule has 2 saturated carbocycles. The maximum absolute atomic E-state index is 12.1. The number of hydrogen-bond donors (Lipinski definition) is 1. The van der Waals surface area contributed by atoms with E-state index in [1.54, 1.807) is 0 Å². The molecule has 1 amide bonds. The van der Waals surface area contributed by atoms with Crippen LogP contribution in [-0.4, -0.2) is 23.3 Å². The van der Waals surface area contributed by atoms with Gasteiger partial charge < -0.3 is 10.1 Å². The molecule has 2 aliphatic carbocycles. The van der Waals surface area contributed by atoms with Gasteiger partial charge in [-0.05, 0) is 36.7 Å². The van der Waals surface area contributed by atoms with E-state index in [9.17, 15) is 9.59 Å². The Labute approximate surface area is 138 Å². The molecule has 0 heterocycles. The second-order valence-electron chi connectivity index (χ2n) is 6.25. The monoisotopic (exact) mass is 365 g/mol. The topological polar surface area (TPSA) is 55.4 Å². The lowest BCUT2D eigenvalue weighted by Crippen LogP contribution is -2.38. The smallest absolute Gasteiger partial charge is 0.408 e. The Hall–Kier alpha value is -1.36. The lowest BCUT2D eigenvalue weighted by molar-refractivity contribution is -0.127. The Bertz CT molecular complexity index is 538. The lowest BCUT2D eigenvalue weighted by Gasteiger charge is -2.23. The average Bonchev–Trinajstić information content (AvgIpc) is 3.16. The summed E-state index contributed by atoms with van der Waals surface area (Å²) in [6, 6.07) is 9.64. The number of nitrogens with one attached hydrogen (secondary N) is 1. The third kappa shape index (κ3) is 3.69. The van der Waals surface area contributed by atoms with Gasteiger partial charge in [-0.3, -0.25) is 4.79 Å². The first-order valence-corrected chi connectivity index (χ1v) is 8.86. The van der Waals surface area contributed by atoms with Crippen LogP contribution in [-0.2, 0) is 16.1 Å². The highest BCUT2D eigenvalue weighted by molar-refractivity contribution is 9.09. The van der Waals surface area contributed by atoms with Crippen LogP contribution in [0.5, 0.6) is 0 Å². The summed E-state index contributed by atoms with van der Waals surface area (Å²) in [5.74, 6) is 1.66. The SMILES string of the molecule is O=C(NCc1ccccc1)O[C@H](C(=O)CBr)C1C[C@@H]2C[C@H]2C1. The van der Waals surface area contributed by atoms with Crippen molar-refractivity contribution in [3.8, 4) is 0 Å². The molecule has 4 nitrogen and oxygen atoms in total. The van der Waals surface area contributed by atoms with Crippen LogP contribution in [0.3, 0.4) is 0 Å². The predicted octanol–water partition coefficient (Wildman–Crippen LogP) is 3.29. The lowest BCUT2D eigenvalue weighted by atomic mass is 9.94. The number of ketones is 1. The third-order valence-corrected chi connectivity index (χ3v) is 5.22. The van der Waals surface area contributed by atoms with E-state index in [4.69, 9.17) is 4.74 Å². The van der Waals surface area contributed by atoms with Gasteiger partial charge in [0.25, 0.3) is 0 Å². The fourth-order valence-corrected chi connectivity index (χ4v) is 3.76. The molecule has 3 atom stereocenters. The molecule has 2 fully saturated rings. The van der Waals surface area contributed by atoms with E-state index >= 15 is 0 Å². The largest absolute Gasteiger partial charge is 0.438 e. The zero-order valence-electron chi connectivity index (χ0n) is 12.3. The summed E-state index contributed by atoms with van der Waals surface area (Å²) >= 11 is 3.19. The molecule has 2 aliphatic rings. The fourth-order valence-electron chi connectivity index (χ4n) is 3.44. The summed E-state index contributed by atoms with van der Waals surface area (Å²) in [5.41, 5.74) is 1.00. The summed E-state index contributed by atoms with van der Waals surface area (Å²) in [5, 5.41) is 2.96. The Morgan fingerprint density at radius 2 is 1.86 bits per heavy atom. The van der Waals surface area contributed by atoms with E-state index in [-0.39, 0.29) is 17.0 Å². The quantitative estimate of drug-likeness (QED) is 0.786. The first-order valence-electron chi connectivity index (χ1n) is 7.74. The highest BCUT2D eigenvalue weighted by Crippen LogP contribution is 2.55. The molecule has 3 rings (SSSR count). The number of hydrogen-bond acceptors (Lipinski definition) is 3. The standard InChI is InChI=1S/C17H20BrNO3/c18-9-15(20)16(14-7-12-6-13(12)8-14)22-17(21)19-10-11-4-2-1-3-5-11/h1-5,12-14,16H,6-10H2,(H,19,21)/t12-,13-,16-/m0/s1. The number of fused-ring (bicyclic) bond motifs is 1. The number of Topliss-reactive ketones (excluding diaryl/α,β-unsaturated/α-hetero) is 1. The molecule has 0 saturated heterocycles. The molecule has 22 heavy (non-hydrogen) atoms. The summed E-state index contributed by atoms with van der Waals surface area (Å²) in [7, 11) is 0. The first kappa shape index (κ1) is 15.5. The molecule has 5 heteroatoms. The number of ether oxygens (including phenoxy) is 1. The van der Waals surface area contributed by atoms with Gasteiger partial charge in [-0.1, -0.05) is 46.3 Å². The van der Waals surface area contributed by atoms with Crippen molar-refractivity contribution < 1.29 is 14.3 Å². The summed E-state index contributed by atoms with van der Waals surface area (Å²) in [6.07, 6.45) is 2.19. The van der Waals surface area contributed by atoms with Crippen LogP contribution in [0.1, 0.15) is 24.8 Å². The Kier molecular flexibility index (Phi) is 4.81. The van der Waals surface area contributed by atoms with Gasteiger partial charge in [-0.15, -0.1) is 0 Å². The molecule has 0 bridgehead atoms. The van der Waals surface area contributed by atoms with Crippen LogP contribution in [0.25, 0.3) is 0 Å². The molecule has 1 aromatic carbocycles. The molecule has 0 aromatic heterocycles. The van der Waals surface area contributed by atoms with Gasteiger partial charge in [0.1, 0.15) is 0 Å². The van der Waals surface area contributed by atoms with Crippen LogP contribution in [0.2, 0.25) is 0 Å². The number of amides is 1. The molecule has 1 N–H and O–H groups in total. The maximum Gasteiger partial charge on any atom is 0.408 e. The molecule has 0 aliphatic heterocycles. The van der Waals surface area contributed by atoms with E-state index in [2.05, 4.69) is 21.2 Å². The van der Waals surface area contributed by atoms with Crippen molar-refractivity contribution in [1.29, 1.82) is 0 Å². The van der Waals surface area contributed by atoms with Crippen molar-refractivity contribution in [2.45, 2.75) is 31.9 Å². The Balaban J connectivity index is 1.53. The summed E-state index contributed by atoms with van der Waals surface area (Å²) in [4.78, 5) is 24.1. The van der Waals surface area contributed by atoms with Crippen molar-refractivity contribution in [3.63, 3.8) is 0 Å². The molecular weight excluding hydrogens is 346 g/mol. The van der Waals surface area contributed by atoms with Crippen LogP contribution < -0.4 is 5.32 Å². The number of halogens is 1. The van der Waals surface area contributed by atoms with Gasteiger partial charge in [-0.2, -0.15) is 0 Å². The van der Waals surface area contributed by atoms with Gasteiger partial charge in [0.05, 0.1) is 5.33 Å². The van der Waals surface area contributed by atoms with Crippen LogP contribution in [0, 0.1) is 17.8 Å². The van der Waals surface area contributed by atoms with Crippen molar-refractivity contribution >= 4 is 27.8 Å². The van der Waals surface area contributed by atoms with Gasteiger partial charge in [0.2, 0.25) is 0 Å². The molecule has 0 radical (unpaired) electrons. The van der Waals surface area contributed by atoms with E-state index < -0.39 is 12.2 Å². The maximum atomic E-state index is 12.1. The predicted molar refractivity (Wildman–Crippen MR) is 86.7 cm³/mol. The zero-order valence-corrected chi connectivity index (χ0v) is 13.9. The van der Waals surface area contributed by atoms with E-state index in [0.29, 0.717) is 6.54 Å². The summed E-state index contributed by atoms with van der Waals surface area (Å²) < 4.78 is 5.45. The van der Waals surface area contributed by atoms with E-state index in [1.165, 1.54) is 6.42 Å². The number of alkyl halides is 1. The molecular formula is C17H20BrNO3. The van der Waals surface area contributed by atoms with Gasteiger partial charge in [-0.25, -0.2) is 4.79 Å². The molecule has 118 valence electrons. The first-order chi connectivity index (χ1) is 10.7. The second kappa shape index (κ2) is 6.82. The van der Waals surface area contributed by atoms with Gasteiger partial charge >= 0.3 is 6.09 Å². The fraction of sp³-hybridized carbons (Fsp3) is 0.529. The zero-order chi connectivity index (χ0) is 15.5. The van der Waals surface area contributed by atoms with E-state index in [1.807, 2.05) is 30.3 Å². The van der Waals surface area contributed by atoms with Crippen LogP contribution in [0.4, 0.5) is 4.79 Å². The van der Waals surface area contributed by atoms with Gasteiger partial charge in [0.15, 0.2) is 11.9 Å². The van der Waals surface area contributed by atoms with Crippen LogP contribution in [0.15, 0.2) is 30.3 Å². The van der Waals surface area contributed by atoms with Crippen molar-refractivity contribution in [1.82, 2.24) is 5.32 Å². The number of carbonyl (C=O) groups is 2. The van der Waals surface area contributed by atoms with Crippen LogP contribution >= 0.6 is 15.9 Å². The number of benzene rings is 1. The minimum atomic E-state index is -0.608. The van der Waals surface area contributed by atoms with Crippen molar-refractivity contribution in [2.24, 2.45) is 17.8 Å². The molecule has 1 aromatic rings. The highest BCUT2D eigenvalue weighted by atomic mass is 79.9. The second-order valence-corrected chi connectivity index (χ2v) is 6.81. The van der Waals surface area contributed by atoms with Crippen molar-refractivity contribution in [3.05, 3.63) is 35.9 Å². The minimum absolute atomic E-state index is 0.0406. The van der Waals surface area contributed by atoms with Crippen molar-refractivity contribution in [2.75, 3.05) is 5.33 Å². The molecule has 0 unspecified atom stereocenters. The minimum Gasteiger partial charge on any atom is -0.438 e. The molecule has 0 spiro atoms. The number of alkyl carbamates (subject to hydrolysis) is 1. The normalized spacial score (nSPS) is 24.4. The average molecular weight is 366 g/mol. The summed E-state index contributed by atoms with van der Waals surface area (Å²) in [6.45, 7) is 0.408. The number of rotatable bonds is 6. The van der Waals surface area contributed by atoms with E-state index in [0.717, 1.165) is 30.2 Å².